The molecule has 0 heterocycles. The minimum Gasteiger partial charge on any atom is -0.492 e. The summed E-state index contributed by atoms with van der Waals surface area (Å²) in [6, 6.07) is 11.3. The number of benzene rings is 2. The van der Waals surface area contributed by atoms with E-state index in [1.54, 1.807) is 19.1 Å². The third kappa shape index (κ3) is 5.58. The molecule has 1 unspecified atom stereocenters. The predicted molar refractivity (Wildman–Crippen MR) is 81.4 cm³/mol. The molecule has 1 amide bonds. The average Bonchev–Trinajstić information content (AvgIpc) is 2.51. The SMILES string of the molecule is CC(Oc1cccc(F)c1)C(=O)NCCOc1cccc(F)c1. The van der Waals surface area contributed by atoms with Crippen molar-refractivity contribution in [3.8, 4) is 11.5 Å². The van der Waals surface area contributed by atoms with Crippen LogP contribution in [0, 0.1) is 11.6 Å². The van der Waals surface area contributed by atoms with Gasteiger partial charge in [-0.05, 0) is 31.2 Å². The second-order valence-electron chi connectivity index (χ2n) is 4.81. The summed E-state index contributed by atoms with van der Waals surface area (Å²) in [5.74, 6) is -0.494. The second-order valence-corrected chi connectivity index (χ2v) is 4.81. The number of hydrogen-bond acceptors (Lipinski definition) is 3. The Labute approximate surface area is 133 Å². The van der Waals surface area contributed by atoms with Gasteiger partial charge in [-0.25, -0.2) is 8.78 Å². The molecule has 0 saturated heterocycles. The zero-order chi connectivity index (χ0) is 16.7. The molecule has 2 aromatic rings. The zero-order valence-electron chi connectivity index (χ0n) is 12.6. The van der Waals surface area contributed by atoms with Crippen LogP contribution in [0.25, 0.3) is 0 Å². The van der Waals surface area contributed by atoms with E-state index < -0.39 is 11.9 Å². The Bertz CT molecular complexity index is 664. The van der Waals surface area contributed by atoms with Gasteiger partial charge in [-0.3, -0.25) is 4.79 Å². The third-order valence-corrected chi connectivity index (χ3v) is 2.94. The van der Waals surface area contributed by atoms with Gasteiger partial charge in [0.1, 0.15) is 29.7 Å². The van der Waals surface area contributed by atoms with Gasteiger partial charge in [0, 0.05) is 12.1 Å². The summed E-state index contributed by atoms with van der Waals surface area (Å²) in [6.45, 7) is 2.00. The van der Waals surface area contributed by atoms with Gasteiger partial charge in [-0.1, -0.05) is 12.1 Å². The normalized spacial score (nSPS) is 11.6. The van der Waals surface area contributed by atoms with Crippen molar-refractivity contribution in [2.24, 2.45) is 0 Å². The summed E-state index contributed by atoms with van der Waals surface area (Å²) in [4.78, 5) is 11.9. The van der Waals surface area contributed by atoms with Crippen molar-refractivity contribution >= 4 is 5.91 Å². The first-order valence-corrected chi connectivity index (χ1v) is 7.13. The maximum absolute atomic E-state index is 13.0. The lowest BCUT2D eigenvalue weighted by atomic mass is 10.3. The molecule has 122 valence electrons. The van der Waals surface area contributed by atoms with Gasteiger partial charge in [-0.15, -0.1) is 0 Å². The minimum atomic E-state index is -0.772. The quantitative estimate of drug-likeness (QED) is 0.798. The van der Waals surface area contributed by atoms with E-state index in [1.807, 2.05) is 0 Å². The molecule has 0 aliphatic heterocycles. The van der Waals surface area contributed by atoms with E-state index in [-0.39, 0.29) is 30.6 Å². The molecule has 6 heteroatoms. The Morgan fingerprint density at radius 1 is 1.09 bits per heavy atom. The fourth-order valence-corrected chi connectivity index (χ4v) is 1.84. The number of halogens is 2. The molecule has 1 N–H and O–H groups in total. The number of amides is 1. The summed E-state index contributed by atoms with van der Waals surface area (Å²) in [5, 5.41) is 2.63. The van der Waals surface area contributed by atoms with Crippen LogP contribution >= 0.6 is 0 Å². The molecule has 1 atom stereocenters. The van der Waals surface area contributed by atoms with Crippen LogP contribution in [0.1, 0.15) is 6.92 Å². The molecule has 0 fully saturated rings. The first-order chi connectivity index (χ1) is 11.0. The molecule has 0 aliphatic rings. The van der Waals surface area contributed by atoms with Crippen LogP contribution in [-0.2, 0) is 4.79 Å². The van der Waals surface area contributed by atoms with Crippen molar-refractivity contribution in [1.82, 2.24) is 5.32 Å². The van der Waals surface area contributed by atoms with Gasteiger partial charge in [0.25, 0.3) is 5.91 Å². The Hall–Kier alpha value is -2.63. The van der Waals surface area contributed by atoms with Crippen molar-refractivity contribution in [1.29, 1.82) is 0 Å². The maximum atomic E-state index is 13.0. The third-order valence-electron chi connectivity index (χ3n) is 2.94. The van der Waals surface area contributed by atoms with E-state index >= 15 is 0 Å². The van der Waals surface area contributed by atoms with Gasteiger partial charge in [0.15, 0.2) is 6.10 Å². The van der Waals surface area contributed by atoms with Gasteiger partial charge in [0.2, 0.25) is 0 Å². The largest absolute Gasteiger partial charge is 0.492 e. The predicted octanol–water partition coefficient (Wildman–Crippen LogP) is 2.93. The molecule has 2 aromatic carbocycles. The first-order valence-electron chi connectivity index (χ1n) is 7.13. The van der Waals surface area contributed by atoms with Gasteiger partial charge < -0.3 is 14.8 Å². The zero-order valence-corrected chi connectivity index (χ0v) is 12.6. The molecular formula is C17H17F2NO3. The van der Waals surface area contributed by atoms with E-state index in [0.717, 1.165) is 0 Å². The highest BCUT2D eigenvalue weighted by molar-refractivity contribution is 5.80. The summed E-state index contributed by atoms with van der Waals surface area (Å²) < 4.78 is 36.6. The monoisotopic (exact) mass is 321 g/mol. The molecule has 0 saturated carbocycles. The number of hydrogen-bond donors (Lipinski definition) is 1. The lowest BCUT2D eigenvalue weighted by Gasteiger charge is -2.15. The van der Waals surface area contributed by atoms with Crippen LogP contribution in [0.2, 0.25) is 0 Å². The van der Waals surface area contributed by atoms with Gasteiger partial charge in [-0.2, -0.15) is 0 Å². The van der Waals surface area contributed by atoms with E-state index in [1.165, 1.54) is 36.4 Å². The van der Waals surface area contributed by atoms with Gasteiger partial charge in [0.05, 0.1) is 6.54 Å². The van der Waals surface area contributed by atoms with Crippen molar-refractivity contribution < 1.29 is 23.0 Å². The van der Waals surface area contributed by atoms with Crippen molar-refractivity contribution in [2.45, 2.75) is 13.0 Å². The Morgan fingerprint density at radius 2 is 1.70 bits per heavy atom. The number of carbonyl (C=O) groups is 1. The van der Waals surface area contributed by atoms with E-state index in [9.17, 15) is 13.6 Å². The highest BCUT2D eigenvalue weighted by atomic mass is 19.1. The molecule has 0 radical (unpaired) electrons. The highest BCUT2D eigenvalue weighted by Crippen LogP contribution is 2.14. The topological polar surface area (TPSA) is 47.6 Å². The maximum Gasteiger partial charge on any atom is 0.260 e. The Kier molecular flexibility index (Phi) is 5.91. The summed E-state index contributed by atoms with van der Waals surface area (Å²) in [5.41, 5.74) is 0. The lowest BCUT2D eigenvalue weighted by Crippen LogP contribution is -2.38. The fourth-order valence-electron chi connectivity index (χ4n) is 1.84. The van der Waals surface area contributed by atoms with Crippen LogP contribution < -0.4 is 14.8 Å². The molecule has 0 bridgehead atoms. The average molecular weight is 321 g/mol. The minimum absolute atomic E-state index is 0.196. The number of ether oxygens (including phenoxy) is 2. The summed E-state index contributed by atoms with van der Waals surface area (Å²) >= 11 is 0. The fraction of sp³-hybridized carbons (Fsp3) is 0.235. The van der Waals surface area contributed by atoms with Crippen molar-refractivity contribution in [2.75, 3.05) is 13.2 Å². The molecule has 4 nitrogen and oxygen atoms in total. The highest BCUT2D eigenvalue weighted by Gasteiger charge is 2.14. The van der Waals surface area contributed by atoms with Crippen LogP contribution in [-0.4, -0.2) is 25.2 Å². The smallest absolute Gasteiger partial charge is 0.260 e. The molecule has 0 aliphatic carbocycles. The Morgan fingerprint density at radius 3 is 2.35 bits per heavy atom. The summed E-state index contributed by atoms with van der Waals surface area (Å²) in [7, 11) is 0. The standard InChI is InChI=1S/C17H17F2NO3/c1-12(23-16-7-3-5-14(19)11-16)17(21)20-8-9-22-15-6-2-4-13(18)10-15/h2-7,10-12H,8-9H2,1H3,(H,20,21). The molecule has 0 aromatic heterocycles. The molecule has 2 rings (SSSR count). The van der Waals surface area contributed by atoms with E-state index in [2.05, 4.69) is 5.32 Å². The van der Waals surface area contributed by atoms with Crippen LogP contribution in [0.5, 0.6) is 11.5 Å². The van der Waals surface area contributed by atoms with E-state index in [4.69, 9.17) is 9.47 Å². The molecule has 23 heavy (non-hydrogen) atoms. The number of nitrogens with one attached hydrogen (secondary N) is 1. The first kappa shape index (κ1) is 16.7. The van der Waals surface area contributed by atoms with E-state index in [0.29, 0.717) is 5.75 Å². The van der Waals surface area contributed by atoms with Gasteiger partial charge >= 0.3 is 0 Å². The van der Waals surface area contributed by atoms with Crippen LogP contribution in [0.4, 0.5) is 8.78 Å². The summed E-state index contributed by atoms with van der Waals surface area (Å²) in [6.07, 6.45) is -0.772. The van der Waals surface area contributed by atoms with Crippen molar-refractivity contribution in [3.05, 3.63) is 60.2 Å². The Balaban J connectivity index is 1.71. The lowest BCUT2D eigenvalue weighted by molar-refractivity contribution is -0.127. The molecule has 0 spiro atoms. The van der Waals surface area contributed by atoms with Crippen LogP contribution in [0.15, 0.2) is 48.5 Å². The second kappa shape index (κ2) is 8.12. The number of rotatable bonds is 7. The van der Waals surface area contributed by atoms with Crippen LogP contribution in [0.3, 0.4) is 0 Å². The van der Waals surface area contributed by atoms with Crippen molar-refractivity contribution in [3.63, 3.8) is 0 Å². The number of carbonyl (C=O) groups excluding carboxylic acids is 1. The molecular weight excluding hydrogens is 304 g/mol.